The van der Waals surface area contributed by atoms with Crippen LogP contribution in [0, 0.1) is 0 Å². The predicted octanol–water partition coefficient (Wildman–Crippen LogP) is 1.92. The number of rotatable bonds is 1. The van der Waals surface area contributed by atoms with Crippen molar-refractivity contribution in [3.8, 4) is 0 Å². The molecule has 2 atom stereocenters. The molecule has 0 aromatic rings. The highest BCUT2D eigenvalue weighted by Gasteiger charge is 2.36. The molecule has 0 radical (unpaired) electrons. The van der Waals surface area contributed by atoms with Crippen molar-refractivity contribution in [1.82, 2.24) is 9.80 Å². The van der Waals surface area contributed by atoms with Crippen LogP contribution in [-0.2, 0) is 4.79 Å². The Bertz CT molecular complexity index is 332. The molecule has 2 rings (SSSR count). The summed E-state index contributed by atoms with van der Waals surface area (Å²) in [6, 6.07) is -0.461. The van der Waals surface area contributed by atoms with Crippen molar-refractivity contribution in [3.05, 3.63) is 0 Å². The molecule has 0 aromatic carbocycles. The van der Waals surface area contributed by atoms with Crippen LogP contribution in [0.5, 0.6) is 0 Å². The van der Waals surface area contributed by atoms with E-state index in [9.17, 15) is 14.7 Å². The van der Waals surface area contributed by atoms with Crippen LogP contribution in [0.2, 0.25) is 0 Å². The number of hydrogen-bond acceptors (Lipinski definition) is 2. The van der Waals surface area contributed by atoms with Gasteiger partial charge < -0.3 is 14.9 Å². The Labute approximate surface area is 108 Å². The zero-order valence-corrected chi connectivity index (χ0v) is 11.0. The molecule has 2 aliphatic heterocycles. The van der Waals surface area contributed by atoms with Gasteiger partial charge in [0.05, 0.1) is 0 Å². The first-order chi connectivity index (χ1) is 8.61. The van der Waals surface area contributed by atoms with E-state index in [4.69, 9.17) is 0 Å². The monoisotopic (exact) mass is 254 g/mol. The molecule has 0 aliphatic carbocycles. The summed E-state index contributed by atoms with van der Waals surface area (Å²) >= 11 is 0. The van der Waals surface area contributed by atoms with Gasteiger partial charge in [-0.2, -0.15) is 0 Å². The van der Waals surface area contributed by atoms with E-state index in [-0.39, 0.29) is 12.1 Å². The second-order valence-corrected chi connectivity index (χ2v) is 5.36. The van der Waals surface area contributed by atoms with Gasteiger partial charge in [0.1, 0.15) is 6.04 Å². The van der Waals surface area contributed by atoms with E-state index in [0.717, 1.165) is 38.6 Å². The number of nitrogens with zero attached hydrogens (tertiary/aromatic N) is 2. The van der Waals surface area contributed by atoms with Crippen molar-refractivity contribution in [1.29, 1.82) is 0 Å². The third-order valence-electron chi connectivity index (χ3n) is 4.08. The van der Waals surface area contributed by atoms with Gasteiger partial charge in [0.15, 0.2) is 0 Å². The smallest absolute Gasteiger partial charge is 0.326 e. The van der Waals surface area contributed by atoms with Crippen molar-refractivity contribution in [2.45, 2.75) is 57.5 Å². The predicted molar refractivity (Wildman–Crippen MR) is 67.4 cm³/mol. The second kappa shape index (κ2) is 5.59. The fourth-order valence-electron chi connectivity index (χ4n) is 2.98. The minimum Gasteiger partial charge on any atom is -0.480 e. The number of carboxylic acid groups (broad SMARTS) is 1. The average Bonchev–Trinajstić information content (AvgIpc) is 2.63. The van der Waals surface area contributed by atoms with Crippen molar-refractivity contribution in [3.63, 3.8) is 0 Å². The van der Waals surface area contributed by atoms with Crippen molar-refractivity contribution in [2.24, 2.45) is 0 Å². The van der Waals surface area contributed by atoms with E-state index in [2.05, 4.69) is 0 Å². The summed E-state index contributed by atoms with van der Waals surface area (Å²) in [6.45, 7) is 3.39. The lowest BCUT2D eigenvalue weighted by atomic mass is 10.1. The molecular weight excluding hydrogens is 232 g/mol. The van der Waals surface area contributed by atoms with Gasteiger partial charge in [0, 0.05) is 19.1 Å². The van der Waals surface area contributed by atoms with Crippen LogP contribution >= 0.6 is 0 Å². The third-order valence-corrected chi connectivity index (χ3v) is 4.08. The van der Waals surface area contributed by atoms with Gasteiger partial charge >= 0.3 is 12.0 Å². The molecule has 102 valence electrons. The Morgan fingerprint density at radius 3 is 2.33 bits per heavy atom. The summed E-state index contributed by atoms with van der Waals surface area (Å²) in [5.41, 5.74) is 0. The average molecular weight is 254 g/mol. The maximum atomic E-state index is 12.5. The van der Waals surface area contributed by atoms with E-state index in [1.54, 1.807) is 4.90 Å². The van der Waals surface area contributed by atoms with Gasteiger partial charge in [-0.15, -0.1) is 0 Å². The van der Waals surface area contributed by atoms with E-state index < -0.39 is 12.0 Å². The first-order valence-corrected chi connectivity index (χ1v) is 6.91. The lowest BCUT2D eigenvalue weighted by Crippen LogP contribution is -2.51. The van der Waals surface area contributed by atoms with E-state index in [1.807, 2.05) is 11.8 Å². The number of amides is 2. The molecular formula is C13H22N2O3. The summed E-state index contributed by atoms with van der Waals surface area (Å²) in [5, 5.41) is 9.28. The Balaban J connectivity index is 2.11. The highest BCUT2D eigenvalue weighted by molar-refractivity contribution is 5.83. The van der Waals surface area contributed by atoms with Crippen LogP contribution in [0.15, 0.2) is 0 Å². The van der Waals surface area contributed by atoms with Gasteiger partial charge in [0.2, 0.25) is 0 Å². The number of carbonyl (C=O) groups excluding carboxylic acids is 1. The summed E-state index contributed by atoms with van der Waals surface area (Å²) in [7, 11) is 0. The Kier molecular flexibility index (Phi) is 4.09. The molecule has 0 aromatic heterocycles. The minimum absolute atomic E-state index is 0.0747. The van der Waals surface area contributed by atoms with Crippen molar-refractivity contribution < 1.29 is 14.7 Å². The fraction of sp³-hybridized carbons (Fsp3) is 0.846. The standard InChI is InChI=1S/C13H22N2O3/c1-10-6-5-9-14(10)13(18)15-8-4-2-3-7-11(15)12(16)17/h10-11H,2-9H2,1H3,(H,16,17). The molecule has 2 fully saturated rings. The lowest BCUT2D eigenvalue weighted by Gasteiger charge is -2.33. The topological polar surface area (TPSA) is 60.9 Å². The Morgan fingerprint density at radius 2 is 1.72 bits per heavy atom. The zero-order chi connectivity index (χ0) is 13.1. The number of likely N-dealkylation sites (tertiary alicyclic amines) is 2. The first-order valence-electron chi connectivity index (χ1n) is 6.91. The van der Waals surface area contributed by atoms with Crippen LogP contribution in [0.4, 0.5) is 4.79 Å². The number of hydrogen-bond donors (Lipinski definition) is 1. The van der Waals surface area contributed by atoms with Gasteiger partial charge in [0.25, 0.3) is 0 Å². The highest BCUT2D eigenvalue weighted by atomic mass is 16.4. The minimum atomic E-state index is -0.864. The van der Waals surface area contributed by atoms with Crippen molar-refractivity contribution in [2.75, 3.05) is 13.1 Å². The van der Waals surface area contributed by atoms with E-state index in [1.165, 1.54) is 0 Å². The quantitative estimate of drug-likeness (QED) is 0.777. The van der Waals surface area contributed by atoms with Crippen LogP contribution in [-0.4, -0.2) is 52.1 Å². The number of urea groups is 1. The molecule has 5 nitrogen and oxygen atoms in total. The second-order valence-electron chi connectivity index (χ2n) is 5.36. The maximum absolute atomic E-state index is 12.5. The summed E-state index contributed by atoms with van der Waals surface area (Å²) in [6.07, 6.45) is 5.47. The molecule has 5 heteroatoms. The van der Waals surface area contributed by atoms with Gasteiger partial charge in [-0.3, -0.25) is 0 Å². The molecule has 2 aliphatic rings. The van der Waals surface area contributed by atoms with Gasteiger partial charge in [-0.25, -0.2) is 9.59 Å². The van der Waals surface area contributed by atoms with Gasteiger partial charge in [-0.05, 0) is 32.6 Å². The number of carbonyl (C=O) groups is 2. The van der Waals surface area contributed by atoms with Crippen molar-refractivity contribution >= 4 is 12.0 Å². The molecule has 2 saturated heterocycles. The molecule has 1 N–H and O–H groups in total. The lowest BCUT2D eigenvalue weighted by molar-refractivity contribution is -0.142. The Morgan fingerprint density at radius 1 is 1.00 bits per heavy atom. The summed E-state index contributed by atoms with van der Waals surface area (Å²) in [4.78, 5) is 27.2. The van der Waals surface area contributed by atoms with Gasteiger partial charge in [-0.1, -0.05) is 12.8 Å². The van der Waals surface area contributed by atoms with Crippen LogP contribution in [0.3, 0.4) is 0 Å². The zero-order valence-electron chi connectivity index (χ0n) is 11.0. The van der Waals surface area contributed by atoms with Crippen LogP contribution < -0.4 is 0 Å². The SMILES string of the molecule is CC1CCCN1C(=O)N1CCCCCC1C(=O)O. The highest BCUT2D eigenvalue weighted by Crippen LogP contribution is 2.23. The number of aliphatic carboxylic acids is 1. The maximum Gasteiger partial charge on any atom is 0.326 e. The summed E-state index contributed by atoms with van der Waals surface area (Å²) in [5.74, 6) is -0.864. The number of carboxylic acids is 1. The normalized spacial score (nSPS) is 29.2. The molecule has 0 bridgehead atoms. The third kappa shape index (κ3) is 2.60. The summed E-state index contributed by atoms with van der Waals surface area (Å²) < 4.78 is 0. The van der Waals surface area contributed by atoms with Crippen LogP contribution in [0.25, 0.3) is 0 Å². The molecule has 0 saturated carbocycles. The largest absolute Gasteiger partial charge is 0.480 e. The Hall–Kier alpha value is -1.26. The molecule has 18 heavy (non-hydrogen) atoms. The fourth-order valence-corrected chi connectivity index (χ4v) is 2.98. The molecule has 2 heterocycles. The molecule has 2 amide bonds. The van der Waals surface area contributed by atoms with Crippen LogP contribution in [0.1, 0.15) is 45.4 Å². The molecule has 2 unspecified atom stereocenters. The van der Waals surface area contributed by atoms with E-state index in [0.29, 0.717) is 13.0 Å². The van der Waals surface area contributed by atoms with E-state index >= 15 is 0 Å². The molecule has 0 spiro atoms. The first kappa shape index (κ1) is 13.2.